The van der Waals surface area contributed by atoms with Crippen LogP contribution < -0.4 is 5.73 Å². The van der Waals surface area contributed by atoms with Gasteiger partial charge in [0.25, 0.3) is 0 Å². The summed E-state index contributed by atoms with van der Waals surface area (Å²) in [5.41, 5.74) is 5.63. The van der Waals surface area contributed by atoms with E-state index in [0.29, 0.717) is 6.42 Å². The van der Waals surface area contributed by atoms with Crippen LogP contribution in [-0.2, 0) is 13.6 Å². The van der Waals surface area contributed by atoms with Crippen LogP contribution >= 0.6 is 7.82 Å². The van der Waals surface area contributed by atoms with Gasteiger partial charge in [0.1, 0.15) is 6.23 Å². The number of hydrogen-bond acceptors (Lipinski definition) is 4. The third-order valence-corrected chi connectivity index (χ3v) is 3.95. The Morgan fingerprint density at radius 3 is 2.18 bits per heavy atom. The average Bonchev–Trinajstić information content (AvgIpc) is 2.24. The largest absolute Gasteiger partial charge is 0.473 e. The highest BCUT2D eigenvalue weighted by molar-refractivity contribution is 7.47. The SMILES string of the molecule is NC1CCCCCCCCCCOP(=O)(O)O1. The van der Waals surface area contributed by atoms with Gasteiger partial charge in [0.2, 0.25) is 0 Å². The zero-order valence-corrected chi connectivity index (χ0v) is 11.2. The molecule has 1 fully saturated rings. The Morgan fingerprint density at radius 2 is 1.53 bits per heavy atom. The van der Waals surface area contributed by atoms with Crippen molar-refractivity contribution < 1.29 is 18.5 Å². The van der Waals surface area contributed by atoms with Crippen LogP contribution in [0.1, 0.15) is 57.8 Å². The maximum Gasteiger partial charge on any atom is 0.473 e. The van der Waals surface area contributed by atoms with E-state index in [-0.39, 0.29) is 6.61 Å². The van der Waals surface area contributed by atoms with Crippen LogP contribution in [0.4, 0.5) is 0 Å². The molecule has 1 saturated heterocycles. The Kier molecular flexibility index (Phi) is 7.32. The van der Waals surface area contributed by atoms with Gasteiger partial charge < -0.3 is 10.6 Å². The highest BCUT2D eigenvalue weighted by Crippen LogP contribution is 2.44. The minimum atomic E-state index is -3.94. The van der Waals surface area contributed by atoms with E-state index in [9.17, 15) is 9.46 Å². The molecule has 17 heavy (non-hydrogen) atoms. The van der Waals surface area contributed by atoms with E-state index in [1.165, 1.54) is 25.7 Å². The van der Waals surface area contributed by atoms with Crippen LogP contribution in [-0.4, -0.2) is 17.7 Å². The first-order chi connectivity index (χ1) is 8.10. The molecule has 0 saturated carbocycles. The van der Waals surface area contributed by atoms with Crippen molar-refractivity contribution in [1.29, 1.82) is 0 Å². The van der Waals surface area contributed by atoms with Crippen molar-refractivity contribution in [1.82, 2.24) is 0 Å². The first-order valence-corrected chi connectivity index (χ1v) is 8.01. The lowest BCUT2D eigenvalue weighted by atomic mass is 10.1. The topological polar surface area (TPSA) is 81.8 Å². The van der Waals surface area contributed by atoms with E-state index in [0.717, 1.165) is 25.7 Å². The lowest BCUT2D eigenvalue weighted by Crippen LogP contribution is -2.23. The molecule has 0 spiro atoms. The summed E-state index contributed by atoms with van der Waals surface area (Å²) in [7, 11) is -3.94. The Balaban J connectivity index is 2.36. The molecule has 0 radical (unpaired) electrons. The molecule has 0 bridgehead atoms. The second kappa shape index (κ2) is 8.22. The zero-order valence-electron chi connectivity index (χ0n) is 10.3. The normalized spacial score (nSPS) is 35.1. The Labute approximate surface area is 103 Å². The number of rotatable bonds is 0. The molecule has 1 rings (SSSR count). The van der Waals surface area contributed by atoms with Crippen molar-refractivity contribution in [2.24, 2.45) is 5.73 Å². The third-order valence-electron chi connectivity index (χ3n) is 2.91. The van der Waals surface area contributed by atoms with Gasteiger partial charge in [0.15, 0.2) is 0 Å². The third kappa shape index (κ3) is 7.90. The van der Waals surface area contributed by atoms with Gasteiger partial charge >= 0.3 is 7.82 Å². The Morgan fingerprint density at radius 1 is 1.00 bits per heavy atom. The molecule has 5 nitrogen and oxygen atoms in total. The van der Waals surface area contributed by atoms with E-state index in [2.05, 4.69) is 0 Å². The molecule has 0 aromatic carbocycles. The van der Waals surface area contributed by atoms with Gasteiger partial charge in [-0.25, -0.2) is 4.57 Å². The second-order valence-corrected chi connectivity index (χ2v) is 5.97. The van der Waals surface area contributed by atoms with Gasteiger partial charge in [-0.3, -0.25) is 9.05 Å². The number of nitrogens with two attached hydrogens (primary N) is 1. The summed E-state index contributed by atoms with van der Waals surface area (Å²) in [6.45, 7) is 0.264. The molecule has 3 N–H and O–H groups in total. The number of hydrogen-bond donors (Lipinski definition) is 2. The van der Waals surface area contributed by atoms with Crippen molar-refractivity contribution in [2.75, 3.05) is 6.61 Å². The summed E-state index contributed by atoms with van der Waals surface area (Å²) in [6.07, 6.45) is 8.64. The Hall–Kier alpha value is 0.0700. The summed E-state index contributed by atoms with van der Waals surface area (Å²) in [5, 5.41) is 0. The fourth-order valence-electron chi connectivity index (χ4n) is 1.94. The average molecular weight is 265 g/mol. The number of phosphoric acid groups is 1. The van der Waals surface area contributed by atoms with Crippen LogP contribution in [0.25, 0.3) is 0 Å². The molecule has 1 aliphatic heterocycles. The standard InChI is InChI=1S/C11H24NO4P/c12-11-9-7-5-3-1-2-4-6-8-10-15-17(13,14)16-11/h11H,1-10,12H2,(H,13,14). The molecule has 0 aliphatic carbocycles. The molecule has 0 aromatic heterocycles. The quantitative estimate of drug-likeness (QED) is 0.658. The molecule has 1 aliphatic rings. The van der Waals surface area contributed by atoms with E-state index < -0.39 is 14.1 Å². The second-order valence-electron chi connectivity index (χ2n) is 4.56. The predicted molar refractivity (Wildman–Crippen MR) is 66.4 cm³/mol. The minimum Gasteiger partial charge on any atom is -0.306 e. The van der Waals surface area contributed by atoms with Crippen molar-refractivity contribution in [2.45, 2.75) is 64.0 Å². The monoisotopic (exact) mass is 265 g/mol. The van der Waals surface area contributed by atoms with Crippen LogP contribution in [0.3, 0.4) is 0 Å². The van der Waals surface area contributed by atoms with Gasteiger partial charge in [-0.15, -0.1) is 0 Å². The molecule has 6 heteroatoms. The van der Waals surface area contributed by atoms with Gasteiger partial charge in [0.05, 0.1) is 6.61 Å². The predicted octanol–water partition coefficient (Wildman–Crippen LogP) is 2.93. The molecular weight excluding hydrogens is 241 g/mol. The smallest absolute Gasteiger partial charge is 0.306 e. The molecule has 1 heterocycles. The lowest BCUT2D eigenvalue weighted by molar-refractivity contribution is 0.0993. The van der Waals surface area contributed by atoms with Crippen molar-refractivity contribution in [3.05, 3.63) is 0 Å². The van der Waals surface area contributed by atoms with E-state index in [1.54, 1.807) is 0 Å². The van der Waals surface area contributed by atoms with E-state index in [1.807, 2.05) is 0 Å². The van der Waals surface area contributed by atoms with Crippen LogP contribution in [0, 0.1) is 0 Å². The van der Waals surface area contributed by atoms with E-state index in [4.69, 9.17) is 14.8 Å². The van der Waals surface area contributed by atoms with Crippen molar-refractivity contribution in [3.8, 4) is 0 Å². The molecule has 0 amide bonds. The van der Waals surface area contributed by atoms with Gasteiger partial charge in [-0.2, -0.15) is 0 Å². The fraction of sp³-hybridized carbons (Fsp3) is 1.00. The summed E-state index contributed by atoms with van der Waals surface area (Å²) >= 11 is 0. The highest BCUT2D eigenvalue weighted by atomic mass is 31.2. The zero-order chi connectivity index (χ0) is 12.6. The number of phosphoric ester groups is 1. The van der Waals surface area contributed by atoms with Crippen LogP contribution in [0.15, 0.2) is 0 Å². The van der Waals surface area contributed by atoms with Crippen molar-refractivity contribution in [3.63, 3.8) is 0 Å². The lowest BCUT2D eigenvalue weighted by Gasteiger charge is -2.17. The van der Waals surface area contributed by atoms with Gasteiger partial charge in [-0.05, 0) is 19.3 Å². The maximum absolute atomic E-state index is 11.5. The summed E-state index contributed by atoms with van der Waals surface area (Å²) in [5.74, 6) is 0. The van der Waals surface area contributed by atoms with Crippen LogP contribution in [0.2, 0.25) is 0 Å². The molecule has 2 atom stereocenters. The van der Waals surface area contributed by atoms with Crippen molar-refractivity contribution >= 4 is 7.82 Å². The van der Waals surface area contributed by atoms with E-state index >= 15 is 0 Å². The first-order valence-electron chi connectivity index (χ1n) is 6.51. The molecular formula is C11H24NO4P. The molecule has 102 valence electrons. The minimum absolute atomic E-state index is 0.264. The highest BCUT2D eigenvalue weighted by Gasteiger charge is 2.24. The molecule has 0 aromatic rings. The van der Waals surface area contributed by atoms with Gasteiger partial charge in [0, 0.05) is 0 Å². The molecule has 2 unspecified atom stereocenters. The Bertz CT molecular complexity index is 250. The summed E-state index contributed by atoms with van der Waals surface area (Å²) < 4.78 is 21.2. The van der Waals surface area contributed by atoms with Gasteiger partial charge in [-0.1, -0.05) is 38.5 Å². The maximum atomic E-state index is 11.5. The summed E-state index contributed by atoms with van der Waals surface area (Å²) in [4.78, 5) is 9.39. The van der Waals surface area contributed by atoms with Crippen LogP contribution in [0.5, 0.6) is 0 Å². The first kappa shape index (κ1) is 15.1. The fourth-order valence-corrected chi connectivity index (χ4v) is 2.81. The summed E-state index contributed by atoms with van der Waals surface area (Å²) in [6, 6.07) is 0.